The van der Waals surface area contributed by atoms with Gasteiger partial charge < -0.3 is 20.3 Å². The molecule has 7 nitrogen and oxygen atoms in total. The monoisotopic (exact) mass is 483 g/mol. The van der Waals surface area contributed by atoms with E-state index in [4.69, 9.17) is 20.3 Å². The second kappa shape index (κ2) is 9.29. The standard InChI is InChI=1S/C25H27FN3O4P/c1-14-8-18(33-3)9-15(2)19(14)6-5-17-10-21-20-7-4-16(12-23(26)34(30,31)32)11-22(20)29-25(27)24(21)28-13-17/h4,7-8,10-13,15H,5-6,9H2,1-3H3,(H2,27,29)(H2,30,31,32)/b23-12+. The minimum atomic E-state index is -4.95. The molecule has 1 aliphatic rings. The molecule has 0 spiro atoms. The number of methoxy groups -OCH3 is 1. The van der Waals surface area contributed by atoms with Gasteiger partial charge in [0.2, 0.25) is 5.57 Å². The SMILES string of the molecule is COC1=CC(C)=C(CCc2cnc3c(N)nc4cc(/C=C(\F)P(=O)(O)O)ccc4c3c2)C(C)C1. The van der Waals surface area contributed by atoms with E-state index in [0.29, 0.717) is 17.0 Å². The summed E-state index contributed by atoms with van der Waals surface area (Å²) in [4.78, 5) is 26.9. The number of anilines is 1. The van der Waals surface area contributed by atoms with Crippen molar-refractivity contribution >= 4 is 41.3 Å². The lowest BCUT2D eigenvalue weighted by molar-refractivity contribution is 0.263. The van der Waals surface area contributed by atoms with Gasteiger partial charge in [-0.05, 0) is 66.7 Å². The first-order valence-corrected chi connectivity index (χ1v) is 12.5. The molecule has 0 bridgehead atoms. The van der Waals surface area contributed by atoms with Gasteiger partial charge in [-0.1, -0.05) is 24.6 Å². The van der Waals surface area contributed by atoms with Crippen LogP contribution in [0.5, 0.6) is 0 Å². The third kappa shape index (κ3) is 4.89. The number of aromatic nitrogens is 2. The number of aryl methyl sites for hydroxylation is 1. The maximum atomic E-state index is 13.7. The summed E-state index contributed by atoms with van der Waals surface area (Å²) < 4.78 is 30.3. The van der Waals surface area contributed by atoms with Gasteiger partial charge in [0.1, 0.15) is 5.52 Å². The van der Waals surface area contributed by atoms with E-state index in [1.165, 1.54) is 11.1 Å². The van der Waals surface area contributed by atoms with Crippen molar-refractivity contribution in [3.8, 4) is 0 Å². The van der Waals surface area contributed by atoms with Crippen LogP contribution < -0.4 is 5.73 Å². The molecular weight excluding hydrogens is 456 g/mol. The molecule has 0 saturated carbocycles. The number of hydrogen-bond donors (Lipinski definition) is 3. The summed E-state index contributed by atoms with van der Waals surface area (Å²) in [6.07, 6.45) is 7.35. The topological polar surface area (TPSA) is 119 Å². The molecule has 1 aliphatic carbocycles. The molecule has 9 heteroatoms. The molecule has 1 aromatic carbocycles. The molecule has 1 unspecified atom stereocenters. The average Bonchev–Trinajstić information content (AvgIpc) is 2.77. The highest BCUT2D eigenvalue weighted by Crippen LogP contribution is 2.46. The maximum absolute atomic E-state index is 13.7. The van der Waals surface area contributed by atoms with E-state index < -0.39 is 13.2 Å². The molecule has 0 aliphatic heterocycles. The number of nitrogens with zero attached hydrogens (tertiary/aromatic N) is 2. The first kappa shape index (κ1) is 24.1. The zero-order chi connectivity index (χ0) is 24.6. The number of rotatable bonds is 6. The van der Waals surface area contributed by atoms with Crippen molar-refractivity contribution in [2.24, 2.45) is 5.92 Å². The van der Waals surface area contributed by atoms with Crippen LogP contribution in [0.15, 0.2) is 59.0 Å². The Morgan fingerprint density at radius 2 is 2.06 bits per heavy atom. The summed E-state index contributed by atoms with van der Waals surface area (Å²) in [6, 6.07) is 6.92. The molecule has 0 fully saturated rings. The van der Waals surface area contributed by atoms with E-state index in [0.717, 1.165) is 47.4 Å². The molecule has 34 heavy (non-hydrogen) atoms. The van der Waals surface area contributed by atoms with Crippen molar-refractivity contribution in [3.63, 3.8) is 0 Å². The number of pyridine rings is 2. The Balaban J connectivity index is 1.69. The maximum Gasteiger partial charge on any atom is 0.384 e. The smallest absolute Gasteiger partial charge is 0.384 e. The third-order valence-corrected chi connectivity index (χ3v) is 6.92. The van der Waals surface area contributed by atoms with Crippen molar-refractivity contribution in [1.29, 1.82) is 0 Å². The Morgan fingerprint density at radius 3 is 2.74 bits per heavy atom. The molecular formula is C25H27FN3O4P. The number of nitrogens with two attached hydrogens (primary N) is 1. The van der Waals surface area contributed by atoms with Crippen LogP contribution in [0, 0.1) is 5.92 Å². The Bertz CT molecular complexity index is 1420. The Kier molecular flexibility index (Phi) is 6.58. The van der Waals surface area contributed by atoms with Crippen molar-refractivity contribution < 1.29 is 23.5 Å². The molecule has 3 aromatic rings. The zero-order valence-corrected chi connectivity index (χ0v) is 20.1. The lowest BCUT2D eigenvalue weighted by Crippen LogP contribution is -2.10. The van der Waals surface area contributed by atoms with E-state index in [1.807, 2.05) is 12.3 Å². The van der Waals surface area contributed by atoms with Gasteiger partial charge in [0.05, 0.1) is 18.4 Å². The van der Waals surface area contributed by atoms with Crippen molar-refractivity contribution in [2.45, 2.75) is 33.1 Å². The molecule has 178 valence electrons. The number of hydrogen-bond acceptors (Lipinski definition) is 5. The lowest BCUT2D eigenvalue weighted by atomic mass is 9.84. The van der Waals surface area contributed by atoms with Crippen LogP contribution in [-0.4, -0.2) is 26.9 Å². The minimum absolute atomic E-state index is 0.238. The second-order valence-corrected chi connectivity index (χ2v) is 10.2. The van der Waals surface area contributed by atoms with Crippen LogP contribution in [0.2, 0.25) is 0 Å². The van der Waals surface area contributed by atoms with E-state index in [9.17, 15) is 8.96 Å². The fourth-order valence-corrected chi connectivity index (χ4v) is 4.81. The molecule has 0 saturated heterocycles. The van der Waals surface area contributed by atoms with Gasteiger partial charge in [0.15, 0.2) is 5.82 Å². The van der Waals surface area contributed by atoms with E-state index in [2.05, 4.69) is 29.9 Å². The highest BCUT2D eigenvalue weighted by molar-refractivity contribution is 7.56. The molecule has 0 radical (unpaired) electrons. The minimum Gasteiger partial charge on any atom is -0.501 e. The number of benzene rings is 1. The van der Waals surface area contributed by atoms with Crippen LogP contribution in [0.1, 0.15) is 37.8 Å². The first-order chi connectivity index (χ1) is 16.1. The van der Waals surface area contributed by atoms with Crippen molar-refractivity contribution in [3.05, 3.63) is 70.1 Å². The third-order valence-electron chi connectivity index (χ3n) is 6.24. The lowest BCUT2D eigenvalue weighted by Gasteiger charge is -2.24. The van der Waals surface area contributed by atoms with E-state index in [1.54, 1.807) is 25.3 Å². The predicted molar refractivity (Wildman–Crippen MR) is 132 cm³/mol. The number of fused-ring (bicyclic) bond motifs is 3. The van der Waals surface area contributed by atoms with Gasteiger partial charge in [0, 0.05) is 23.4 Å². The molecule has 4 rings (SSSR count). The Morgan fingerprint density at radius 1 is 1.29 bits per heavy atom. The van der Waals surface area contributed by atoms with Crippen LogP contribution in [-0.2, 0) is 15.7 Å². The number of nitrogen functional groups attached to an aromatic ring is 1. The normalized spacial score (nSPS) is 17.4. The number of allylic oxidation sites excluding steroid dienone is 4. The second-order valence-electron chi connectivity index (χ2n) is 8.65. The molecule has 2 aromatic heterocycles. The predicted octanol–water partition coefficient (Wildman–Crippen LogP) is 5.63. The fraction of sp³-hybridized carbons (Fsp3) is 0.280. The first-order valence-electron chi connectivity index (χ1n) is 10.9. The summed E-state index contributed by atoms with van der Waals surface area (Å²) in [7, 11) is -3.24. The largest absolute Gasteiger partial charge is 0.501 e. The van der Waals surface area contributed by atoms with Gasteiger partial charge >= 0.3 is 7.60 Å². The highest BCUT2D eigenvalue weighted by Gasteiger charge is 2.21. The van der Waals surface area contributed by atoms with E-state index >= 15 is 0 Å². The van der Waals surface area contributed by atoms with Gasteiger partial charge in [-0.2, -0.15) is 4.39 Å². The van der Waals surface area contributed by atoms with E-state index in [-0.39, 0.29) is 11.4 Å². The van der Waals surface area contributed by atoms with Gasteiger partial charge in [-0.3, -0.25) is 9.55 Å². The molecule has 0 amide bonds. The van der Waals surface area contributed by atoms with Crippen molar-refractivity contribution in [1.82, 2.24) is 9.97 Å². The van der Waals surface area contributed by atoms with Crippen molar-refractivity contribution in [2.75, 3.05) is 12.8 Å². The molecule has 4 N–H and O–H groups in total. The van der Waals surface area contributed by atoms with Crippen LogP contribution in [0.25, 0.3) is 27.9 Å². The fourth-order valence-electron chi connectivity index (χ4n) is 4.49. The summed E-state index contributed by atoms with van der Waals surface area (Å²) in [6.45, 7) is 4.33. The van der Waals surface area contributed by atoms with Gasteiger partial charge in [-0.15, -0.1) is 0 Å². The summed E-state index contributed by atoms with van der Waals surface area (Å²) >= 11 is 0. The number of ether oxygens (including phenoxy) is 1. The number of halogens is 1. The quantitative estimate of drug-likeness (QED) is 0.307. The van der Waals surface area contributed by atoms with Gasteiger partial charge in [0.25, 0.3) is 0 Å². The highest BCUT2D eigenvalue weighted by atomic mass is 31.2. The van der Waals surface area contributed by atoms with Crippen LogP contribution in [0.3, 0.4) is 0 Å². The Hall–Kier alpha value is -3.06. The Labute approximate surface area is 197 Å². The molecule has 1 atom stereocenters. The van der Waals surface area contributed by atoms with Gasteiger partial charge in [-0.25, -0.2) is 4.98 Å². The zero-order valence-electron chi connectivity index (χ0n) is 19.2. The average molecular weight is 483 g/mol. The van der Waals surface area contributed by atoms with Crippen LogP contribution >= 0.6 is 7.60 Å². The summed E-state index contributed by atoms with van der Waals surface area (Å²) in [5.41, 5.74) is 9.69. The molecule has 2 heterocycles. The van der Waals surface area contributed by atoms with Crippen LogP contribution in [0.4, 0.5) is 10.2 Å². The summed E-state index contributed by atoms with van der Waals surface area (Å²) in [5.74, 6) is 1.65. The summed E-state index contributed by atoms with van der Waals surface area (Å²) in [5, 5.41) is 1.61.